The monoisotopic (exact) mass is 307 g/mol. The molecule has 3 rings (SSSR count). The van der Waals surface area contributed by atoms with E-state index in [4.69, 9.17) is 16.3 Å². The van der Waals surface area contributed by atoms with E-state index in [9.17, 15) is 0 Å². The van der Waals surface area contributed by atoms with Crippen LogP contribution in [0.2, 0.25) is 5.02 Å². The van der Waals surface area contributed by atoms with Crippen molar-refractivity contribution in [2.24, 2.45) is 4.99 Å². The Morgan fingerprint density at radius 3 is 2.60 bits per heavy atom. The van der Waals surface area contributed by atoms with Gasteiger partial charge in [-0.3, -0.25) is 4.99 Å². The van der Waals surface area contributed by atoms with Gasteiger partial charge < -0.3 is 4.74 Å². The predicted octanol–water partition coefficient (Wildman–Crippen LogP) is 4.19. The molecule has 0 saturated carbocycles. The van der Waals surface area contributed by atoms with E-state index in [1.807, 2.05) is 30.3 Å². The lowest BCUT2D eigenvalue weighted by Gasteiger charge is -2.17. The average Bonchev–Trinajstić information content (AvgIpc) is 2.47. The molecule has 0 radical (unpaired) electrons. The van der Waals surface area contributed by atoms with Gasteiger partial charge in [-0.25, -0.2) is 0 Å². The third kappa shape index (κ3) is 3.33. The highest BCUT2D eigenvalue weighted by Gasteiger charge is 2.13. The van der Waals surface area contributed by atoms with Crippen LogP contribution in [0.1, 0.15) is 11.1 Å². The Morgan fingerprint density at radius 2 is 1.80 bits per heavy atom. The molecule has 1 aliphatic rings. The largest absolute Gasteiger partial charge is 0.487 e. The number of nitrogens with zero attached hydrogens (tertiary/aromatic N) is 1. The number of fused-ring (bicyclic) bond motifs is 1. The summed E-state index contributed by atoms with van der Waals surface area (Å²) in [5.74, 6) is 0.815. The molecule has 0 bridgehead atoms. The summed E-state index contributed by atoms with van der Waals surface area (Å²) >= 11 is 5.85. The number of aliphatic imine (C=N–C) groups is 1. The Hall–Kier alpha value is -1.51. The average molecular weight is 308 g/mol. The highest BCUT2D eigenvalue weighted by Crippen LogP contribution is 2.18. The fraction of sp³-hybridized carbons (Fsp3) is 0.188. The Bertz CT molecular complexity index is 608. The van der Waals surface area contributed by atoms with Crippen molar-refractivity contribution in [1.82, 2.24) is 0 Å². The van der Waals surface area contributed by atoms with Gasteiger partial charge in [-0.1, -0.05) is 35.9 Å². The summed E-state index contributed by atoms with van der Waals surface area (Å²) in [6.45, 7) is 1.34. The van der Waals surface area contributed by atoms with Crippen molar-refractivity contribution in [3.8, 4) is 5.75 Å². The molecule has 4 heteroatoms. The van der Waals surface area contributed by atoms with Crippen molar-refractivity contribution in [3.05, 3.63) is 64.7 Å². The summed E-state index contributed by atoms with van der Waals surface area (Å²) in [4.78, 5) is 4.57. The lowest BCUT2D eigenvalue weighted by molar-refractivity contribution is 0.376. The van der Waals surface area contributed by atoms with E-state index in [1.165, 1.54) is 11.1 Å². The third-order valence-corrected chi connectivity index (χ3v) is 3.45. The summed E-state index contributed by atoms with van der Waals surface area (Å²) in [6, 6.07) is 15.8. The molecule has 20 heavy (non-hydrogen) atoms. The zero-order valence-corrected chi connectivity index (χ0v) is 12.5. The zero-order chi connectivity index (χ0) is 13.1. The van der Waals surface area contributed by atoms with Crippen LogP contribution in [0.4, 0.5) is 0 Å². The first-order chi connectivity index (χ1) is 9.33. The Balaban J connectivity index is 0.00000147. The third-order valence-electron chi connectivity index (χ3n) is 3.20. The standard InChI is InChI=1S/C16H14ClNO.ClH/c17-13-5-7-14(8-6-13)19-11-16-15-4-2-1-3-12(15)9-10-18-16;/h1-8H,9-11H2;1H. The maximum absolute atomic E-state index is 5.85. The number of rotatable bonds is 3. The van der Waals surface area contributed by atoms with Crippen molar-refractivity contribution in [3.63, 3.8) is 0 Å². The van der Waals surface area contributed by atoms with Crippen molar-refractivity contribution in [2.75, 3.05) is 13.2 Å². The van der Waals surface area contributed by atoms with Crippen molar-refractivity contribution in [1.29, 1.82) is 0 Å². The van der Waals surface area contributed by atoms with E-state index in [1.54, 1.807) is 0 Å². The molecule has 0 atom stereocenters. The fourth-order valence-electron chi connectivity index (χ4n) is 2.22. The van der Waals surface area contributed by atoms with E-state index in [0.29, 0.717) is 11.6 Å². The maximum atomic E-state index is 5.85. The molecule has 1 heterocycles. The van der Waals surface area contributed by atoms with E-state index in [2.05, 4.69) is 23.2 Å². The van der Waals surface area contributed by atoms with Crippen LogP contribution in [-0.2, 0) is 6.42 Å². The SMILES string of the molecule is Cl.Clc1ccc(OCC2=NCCc3ccccc32)cc1. The van der Waals surface area contributed by atoms with E-state index in [0.717, 1.165) is 24.4 Å². The molecule has 2 nitrogen and oxygen atoms in total. The maximum Gasteiger partial charge on any atom is 0.130 e. The molecule has 0 aliphatic carbocycles. The van der Waals surface area contributed by atoms with Crippen LogP contribution in [-0.4, -0.2) is 18.9 Å². The van der Waals surface area contributed by atoms with Crippen LogP contribution < -0.4 is 4.74 Å². The van der Waals surface area contributed by atoms with Gasteiger partial charge in [-0.15, -0.1) is 12.4 Å². The number of hydrogen-bond acceptors (Lipinski definition) is 2. The van der Waals surface area contributed by atoms with Gasteiger partial charge in [-0.2, -0.15) is 0 Å². The minimum atomic E-state index is 0. The van der Waals surface area contributed by atoms with Gasteiger partial charge in [0.25, 0.3) is 0 Å². The van der Waals surface area contributed by atoms with E-state index < -0.39 is 0 Å². The van der Waals surface area contributed by atoms with E-state index in [-0.39, 0.29) is 12.4 Å². The van der Waals surface area contributed by atoms with Crippen molar-refractivity contribution < 1.29 is 4.74 Å². The van der Waals surface area contributed by atoms with E-state index >= 15 is 0 Å². The molecule has 1 aliphatic heterocycles. The zero-order valence-electron chi connectivity index (χ0n) is 10.9. The minimum Gasteiger partial charge on any atom is -0.487 e. The second kappa shape index (κ2) is 6.78. The number of halogens is 2. The number of benzene rings is 2. The first-order valence-electron chi connectivity index (χ1n) is 6.33. The molecule has 104 valence electrons. The molecule has 2 aromatic carbocycles. The molecule has 2 aromatic rings. The first-order valence-corrected chi connectivity index (χ1v) is 6.71. The second-order valence-electron chi connectivity index (χ2n) is 4.48. The molecule has 0 amide bonds. The molecule has 0 fully saturated rings. The Kier molecular flexibility index (Phi) is 5.05. The summed E-state index contributed by atoms with van der Waals surface area (Å²) in [7, 11) is 0. The smallest absolute Gasteiger partial charge is 0.130 e. The van der Waals surface area contributed by atoms with Gasteiger partial charge in [0.2, 0.25) is 0 Å². The molecule has 0 aromatic heterocycles. The number of ether oxygens (including phenoxy) is 1. The summed E-state index contributed by atoms with van der Waals surface area (Å²) < 4.78 is 5.77. The summed E-state index contributed by atoms with van der Waals surface area (Å²) in [5.41, 5.74) is 3.59. The lowest BCUT2D eigenvalue weighted by Crippen LogP contribution is -2.19. The molecule has 0 unspecified atom stereocenters. The van der Waals surface area contributed by atoms with Gasteiger partial charge in [0.05, 0.1) is 5.71 Å². The number of hydrogen-bond donors (Lipinski definition) is 0. The normalized spacial score (nSPS) is 12.9. The summed E-state index contributed by atoms with van der Waals surface area (Å²) in [5, 5.41) is 0.715. The van der Waals surface area contributed by atoms with Crippen LogP contribution in [0.5, 0.6) is 5.75 Å². The van der Waals surface area contributed by atoms with Crippen LogP contribution in [0, 0.1) is 0 Å². The molecule has 0 saturated heterocycles. The highest BCUT2D eigenvalue weighted by atomic mass is 35.5. The summed E-state index contributed by atoms with van der Waals surface area (Å²) in [6.07, 6.45) is 1.01. The van der Waals surface area contributed by atoms with Gasteiger partial charge in [-0.05, 0) is 36.2 Å². The molecular weight excluding hydrogens is 293 g/mol. The molecule has 0 spiro atoms. The van der Waals surface area contributed by atoms with Crippen LogP contribution in [0.15, 0.2) is 53.5 Å². The van der Waals surface area contributed by atoms with Gasteiger partial charge in [0.1, 0.15) is 12.4 Å². The first kappa shape index (κ1) is 14.9. The Morgan fingerprint density at radius 1 is 1.05 bits per heavy atom. The lowest BCUT2D eigenvalue weighted by atomic mass is 9.98. The second-order valence-corrected chi connectivity index (χ2v) is 4.91. The molecule has 0 N–H and O–H groups in total. The van der Waals surface area contributed by atoms with Crippen LogP contribution >= 0.6 is 24.0 Å². The fourth-order valence-corrected chi connectivity index (χ4v) is 2.35. The van der Waals surface area contributed by atoms with Crippen molar-refractivity contribution in [2.45, 2.75) is 6.42 Å². The van der Waals surface area contributed by atoms with Gasteiger partial charge >= 0.3 is 0 Å². The van der Waals surface area contributed by atoms with Crippen LogP contribution in [0.3, 0.4) is 0 Å². The van der Waals surface area contributed by atoms with Gasteiger partial charge in [0, 0.05) is 17.1 Å². The molecular formula is C16H15Cl2NO. The minimum absolute atomic E-state index is 0. The topological polar surface area (TPSA) is 21.6 Å². The van der Waals surface area contributed by atoms with Crippen LogP contribution in [0.25, 0.3) is 0 Å². The highest BCUT2D eigenvalue weighted by molar-refractivity contribution is 6.30. The Labute approximate surface area is 129 Å². The quantitative estimate of drug-likeness (QED) is 0.833. The van der Waals surface area contributed by atoms with Crippen molar-refractivity contribution >= 4 is 29.7 Å². The predicted molar refractivity (Wildman–Crippen MR) is 85.7 cm³/mol. The van der Waals surface area contributed by atoms with Gasteiger partial charge in [0.15, 0.2) is 0 Å².